The first kappa shape index (κ1) is 15.5. The first-order chi connectivity index (χ1) is 11.2. The van der Waals surface area contributed by atoms with E-state index < -0.39 is 0 Å². The summed E-state index contributed by atoms with van der Waals surface area (Å²) in [6, 6.07) is 8.20. The third-order valence-corrected chi connectivity index (χ3v) is 3.79. The molecule has 1 aromatic heterocycles. The number of nitrogens with one attached hydrogen (secondary N) is 1. The topological polar surface area (TPSA) is 54.6 Å². The molecule has 2 aromatic rings. The second-order valence-electron chi connectivity index (χ2n) is 5.87. The van der Waals surface area contributed by atoms with Crippen LogP contribution < -0.4 is 10.1 Å². The van der Waals surface area contributed by atoms with Gasteiger partial charge in [0.2, 0.25) is 5.88 Å². The molecular formula is C19H23NO3. The summed E-state index contributed by atoms with van der Waals surface area (Å²) in [7, 11) is 0. The minimum atomic E-state index is 0.181. The van der Waals surface area contributed by atoms with Crippen LogP contribution in [0.15, 0.2) is 41.3 Å². The van der Waals surface area contributed by atoms with Crippen LogP contribution in [0.3, 0.4) is 0 Å². The Morgan fingerprint density at radius 2 is 2.26 bits per heavy atom. The fourth-order valence-corrected chi connectivity index (χ4v) is 2.48. The van der Waals surface area contributed by atoms with Crippen LogP contribution in [0.1, 0.15) is 31.9 Å². The fourth-order valence-electron chi connectivity index (χ4n) is 2.48. The van der Waals surface area contributed by atoms with Crippen molar-refractivity contribution in [1.29, 1.82) is 0 Å². The Morgan fingerprint density at radius 1 is 1.43 bits per heavy atom. The summed E-state index contributed by atoms with van der Waals surface area (Å²) < 4.78 is 11.5. The number of hydrogen-bond acceptors (Lipinski definition) is 4. The second-order valence-corrected chi connectivity index (χ2v) is 5.87. The summed E-state index contributed by atoms with van der Waals surface area (Å²) in [5, 5.41) is 13.9. The predicted molar refractivity (Wildman–Crippen MR) is 92.1 cm³/mol. The van der Waals surface area contributed by atoms with Gasteiger partial charge >= 0.3 is 0 Å². The molecule has 2 N–H and O–H groups in total. The van der Waals surface area contributed by atoms with Gasteiger partial charge in [0, 0.05) is 12.5 Å². The maximum atomic E-state index is 10.6. The van der Waals surface area contributed by atoms with Gasteiger partial charge in [0.05, 0.1) is 12.2 Å². The number of ether oxygens (including phenoxy) is 1. The normalized spacial score (nSPS) is 13.8. The molecule has 0 unspecified atom stereocenters. The second kappa shape index (κ2) is 6.82. The van der Waals surface area contributed by atoms with Gasteiger partial charge in [-0.2, -0.15) is 0 Å². The van der Waals surface area contributed by atoms with Crippen LogP contribution in [-0.2, 0) is 6.42 Å². The number of rotatable bonds is 8. The molecule has 1 aliphatic carbocycles. The molecule has 0 bridgehead atoms. The van der Waals surface area contributed by atoms with Gasteiger partial charge in [-0.1, -0.05) is 25.1 Å². The van der Waals surface area contributed by atoms with Crippen molar-refractivity contribution >= 4 is 5.88 Å². The van der Waals surface area contributed by atoms with E-state index in [2.05, 4.69) is 18.8 Å². The Kier molecular flexibility index (Phi) is 4.60. The Bertz CT molecular complexity index is 686. The van der Waals surface area contributed by atoms with Crippen molar-refractivity contribution in [2.24, 2.45) is 0 Å². The third-order valence-electron chi connectivity index (χ3n) is 3.79. The van der Waals surface area contributed by atoms with Gasteiger partial charge in [0.15, 0.2) is 11.5 Å². The molecule has 0 saturated heterocycles. The van der Waals surface area contributed by atoms with Crippen LogP contribution in [0, 0.1) is 0 Å². The smallest absolute Gasteiger partial charge is 0.205 e. The number of aromatic hydroxyl groups is 1. The Hall–Kier alpha value is -2.36. The zero-order valence-electron chi connectivity index (χ0n) is 13.5. The summed E-state index contributed by atoms with van der Waals surface area (Å²) in [4.78, 5) is 0. The van der Waals surface area contributed by atoms with E-state index >= 15 is 0 Å². The molecule has 122 valence electrons. The van der Waals surface area contributed by atoms with Gasteiger partial charge in [-0.15, -0.1) is 6.58 Å². The molecule has 23 heavy (non-hydrogen) atoms. The molecule has 0 amide bonds. The average molecular weight is 313 g/mol. The van der Waals surface area contributed by atoms with Crippen molar-refractivity contribution in [3.8, 4) is 22.6 Å². The van der Waals surface area contributed by atoms with Crippen molar-refractivity contribution in [3.05, 3.63) is 42.7 Å². The highest BCUT2D eigenvalue weighted by molar-refractivity contribution is 5.82. The summed E-state index contributed by atoms with van der Waals surface area (Å²) in [6.45, 7) is 6.47. The van der Waals surface area contributed by atoms with Gasteiger partial charge in [-0.25, -0.2) is 0 Å². The van der Waals surface area contributed by atoms with Crippen LogP contribution >= 0.6 is 0 Å². The first-order valence-corrected chi connectivity index (χ1v) is 8.18. The first-order valence-electron chi connectivity index (χ1n) is 8.18. The zero-order chi connectivity index (χ0) is 16.2. The SMILES string of the molecule is C=CCc1oc(NC2CC2)c(-c2cccc(OCCC)c2)c1O. The molecule has 0 atom stereocenters. The fraction of sp³-hybridized carbons (Fsp3) is 0.368. The molecule has 1 heterocycles. The van der Waals surface area contributed by atoms with E-state index in [0.717, 1.165) is 30.6 Å². The van der Waals surface area contributed by atoms with E-state index in [4.69, 9.17) is 9.15 Å². The van der Waals surface area contributed by atoms with E-state index in [9.17, 15) is 5.11 Å². The number of anilines is 1. The van der Waals surface area contributed by atoms with Crippen molar-refractivity contribution < 1.29 is 14.3 Å². The Morgan fingerprint density at radius 3 is 2.96 bits per heavy atom. The predicted octanol–water partition coefficient (Wildman–Crippen LogP) is 4.74. The van der Waals surface area contributed by atoms with E-state index in [1.165, 1.54) is 0 Å². The summed E-state index contributed by atoms with van der Waals surface area (Å²) >= 11 is 0. The summed E-state index contributed by atoms with van der Waals surface area (Å²) in [5.74, 6) is 2.15. The van der Waals surface area contributed by atoms with Crippen LogP contribution in [0.25, 0.3) is 11.1 Å². The van der Waals surface area contributed by atoms with Crippen LogP contribution in [0.4, 0.5) is 5.88 Å². The Labute approximate surface area is 136 Å². The third kappa shape index (κ3) is 3.52. The van der Waals surface area contributed by atoms with E-state index in [-0.39, 0.29) is 5.75 Å². The molecule has 1 saturated carbocycles. The lowest BCUT2D eigenvalue weighted by atomic mass is 10.1. The highest BCUT2D eigenvalue weighted by atomic mass is 16.5. The molecular weight excluding hydrogens is 290 g/mol. The van der Waals surface area contributed by atoms with Crippen molar-refractivity contribution in [1.82, 2.24) is 0 Å². The van der Waals surface area contributed by atoms with Crippen molar-refractivity contribution in [2.75, 3.05) is 11.9 Å². The van der Waals surface area contributed by atoms with Crippen LogP contribution in [0.2, 0.25) is 0 Å². The molecule has 0 radical (unpaired) electrons. The van der Waals surface area contributed by atoms with E-state index in [1.54, 1.807) is 6.08 Å². The highest BCUT2D eigenvalue weighted by Gasteiger charge is 2.27. The number of hydrogen-bond donors (Lipinski definition) is 2. The van der Waals surface area contributed by atoms with Crippen molar-refractivity contribution in [3.63, 3.8) is 0 Å². The lowest BCUT2D eigenvalue weighted by Crippen LogP contribution is -2.00. The highest BCUT2D eigenvalue weighted by Crippen LogP contribution is 2.44. The molecule has 4 nitrogen and oxygen atoms in total. The molecule has 1 aromatic carbocycles. The monoisotopic (exact) mass is 313 g/mol. The number of furan rings is 1. The molecule has 3 rings (SSSR count). The number of benzene rings is 1. The van der Waals surface area contributed by atoms with Gasteiger partial charge in [-0.3, -0.25) is 0 Å². The maximum Gasteiger partial charge on any atom is 0.205 e. The summed E-state index contributed by atoms with van der Waals surface area (Å²) in [6.07, 6.45) is 5.45. The van der Waals surface area contributed by atoms with Crippen LogP contribution in [-0.4, -0.2) is 17.8 Å². The van der Waals surface area contributed by atoms with Crippen molar-refractivity contribution in [2.45, 2.75) is 38.6 Å². The van der Waals surface area contributed by atoms with Gasteiger partial charge < -0.3 is 19.6 Å². The molecule has 0 spiro atoms. The van der Waals surface area contributed by atoms with Gasteiger partial charge in [-0.05, 0) is 37.0 Å². The molecule has 4 heteroatoms. The van der Waals surface area contributed by atoms with Gasteiger partial charge in [0.25, 0.3) is 0 Å². The van der Waals surface area contributed by atoms with E-state index in [1.807, 2.05) is 24.3 Å². The minimum Gasteiger partial charge on any atom is -0.504 e. The molecule has 1 aliphatic rings. The summed E-state index contributed by atoms with van der Waals surface area (Å²) in [5.41, 5.74) is 1.59. The standard InChI is InChI=1S/C19H23NO3/c1-3-6-16-18(21)17(19(23-16)20-14-9-10-14)13-7-5-8-15(12-13)22-11-4-2/h3,5,7-8,12,14,20-21H,1,4,6,9-11H2,2H3. The van der Waals surface area contributed by atoms with Gasteiger partial charge in [0.1, 0.15) is 5.75 Å². The largest absolute Gasteiger partial charge is 0.504 e. The molecule has 1 fully saturated rings. The Balaban J connectivity index is 1.97. The van der Waals surface area contributed by atoms with Crippen LogP contribution in [0.5, 0.6) is 11.5 Å². The molecule has 0 aliphatic heterocycles. The number of allylic oxidation sites excluding steroid dienone is 1. The minimum absolute atomic E-state index is 0.181. The average Bonchev–Trinajstić information content (AvgIpc) is 3.31. The lowest BCUT2D eigenvalue weighted by molar-refractivity contribution is 0.317. The lowest BCUT2D eigenvalue weighted by Gasteiger charge is -2.08. The maximum absolute atomic E-state index is 10.6. The zero-order valence-corrected chi connectivity index (χ0v) is 13.5. The van der Waals surface area contributed by atoms with E-state index in [0.29, 0.717) is 36.3 Å². The quantitative estimate of drug-likeness (QED) is 0.691.